The number of aliphatic carboxylic acids is 2. The van der Waals surface area contributed by atoms with Crippen LogP contribution >= 0.6 is 11.6 Å². The highest BCUT2D eigenvalue weighted by molar-refractivity contribution is 6.31. The van der Waals surface area contributed by atoms with Crippen molar-refractivity contribution >= 4 is 29.4 Å². The van der Waals surface area contributed by atoms with Gasteiger partial charge in [-0.05, 0) is 23.8 Å². The Morgan fingerprint density at radius 2 is 1.50 bits per heavy atom. The third-order valence-electron chi connectivity index (χ3n) is 4.12. The van der Waals surface area contributed by atoms with Crippen LogP contribution in [0.1, 0.15) is 15.9 Å². The maximum absolute atomic E-state index is 12.4. The molecule has 3 rings (SSSR count). The molecule has 148 valence electrons. The number of aromatic nitrogens is 1. The predicted octanol–water partition coefficient (Wildman–Crippen LogP) is 1.85. The highest BCUT2D eigenvalue weighted by Gasteiger charge is 2.22. The largest absolute Gasteiger partial charge is 0.473 e. The summed E-state index contributed by atoms with van der Waals surface area (Å²) in [6.07, 6.45) is 3.31. The van der Waals surface area contributed by atoms with Crippen molar-refractivity contribution in [1.82, 2.24) is 14.8 Å². The van der Waals surface area contributed by atoms with E-state index in [1.165, 1.54) is 0 Å². The van der Waals surface area contributed by atoms with E-state index in [4.69, 9.17) is 31.4 Å². The van der Waals surface area contributed by atoms with Gasteiger partial charge in [0.05, 0.1) is 0 Å². The van der Waals surface area contributed by atoms with E-state index in [1.807, 2.05) is 23.1 Å². The topological polar surface area (TPSA) is 111 Å². The summed E-state index contributed by atoms with van der Waals surface area (Å²) in [4.78, 5) is 38.8. The van der Waals surface area contributed by atoms with Gasteiger partial charge in [-0.25, -0.2) is 9.59 Å². The Morgan fingerprint density at radius 1 is 0.929 bits per heavy atom. The van der Waals surface area contributed by atoms with Crippen molar-refractivity contribution in [2.24, 2.45) is 0 Å². The van der Waals surface area contributed by atoms with Crippen molar-refractivity contribution < 1.29 is 24.6 Å². The van der Waals surface area contributed by atoms with Gasteiger partial charge in [0, 0.05) is 55.7 Å². The van der Waals surface area contributed by atoms with Gasteiger partial charge in [0.1, 0.15) is 0 Å². The van der Waals surface area contributed by atoms with Crippen LogP contribution in [-0.4, -0.2) is 69.0 Å². The van der Waals surface area contributed by atoms with Gasteiger partial charge in [0.2, 0.25) is 0 Å². The number of nitrogens with zero attached hydrogens (tertiary/aromatic N) is 3. The number of amides is 1. The van der Waals surface area contributed by atoms with Gasteiger partial charge in [-0.1, -0.05) is 29.8 Å². The lowest BCUT2D eigenvalue weighted by molar-refractivity contribution is -0.159. The van der Waals surface area contributed by atoms with E-state index in [0.717, 1.165) is 43.3 Å². The van der Waals surface area contributed by atoms with Gasteiger partial charge >= 0.3 is 11.9 Å². The first kappa shape index (κ1) is 21.3. The van der Waals surface area contributed by atoms with E-state index >= 15 is 0 Å². The van der Waals surface area contributed by atoms with Crippen LogP contribution in [0.25, 0.3) is 0 Å². The lowest BCUT2D eigenvalue weighted by Gasteiger charge is -2.35. The summed E-state index contributed by atoms with van der Waals surface area (Å²) in [6, 6.07) is 11.4. The first-order valence-electron chi connectivity index (χ1n) is 8.49. The summed E-state index contributed by atoms with van der Waals surface area (Å²) in [5.74, 6) is -3.57. The van der Waals surface area contributed by atoms with Crippen molar-refractivity contribution in [2.75, 3.05) is 26.2 Å². The van der Waals surface area contributed by atoms with Crippen LogP contribution < -0.4 is 0 Å². The summed E-state index contributed by atoms with van der Waals surface area (Å²) in [7, 11) is 0. The molecule has 0 bridgehead atoms. The fraction of sp³-hybridized carbons (Fsp3) is 0.263. The van der Waals surface area contributed by atoms with E-state index in [9.17, 15) is 4.79 Å². The van der Waals surface area contributed by atoms with Crippen LogP contribution in [0.5, 0.6) is 0 Å². The molecule has 1 saturated heterocycles. The molecule has 1 fully saturated rings. The molecule has 0 atom stereocenters. The molecule has 2 heterocycles. The van der Waals surface area contributed by atoms with E-state index in [2.05, 4.69) is 16.0 Å². The highest BCUT2D eigenvalue weighted by Crippen LogP contribution is 2.18. The molecule has 1 aliphatic heterocycles. The standard InChI is InChI=1S/C17H18ClN3O.C2H2O4/c18-16-4-2-1-3-15(16)13-20-9-11-21(12-10-20)17(22)14-5-7-19-8-6-14;3-1(4)2(5)6/h1-8H,9-13H2;(H,3,4)(H,5,6). The fourth-order valence-corrected chi connectivity index (χ4v) is 2.85. The zero-order chi connectivity index (χ0) is 20.5. The lowest BCUT2D eigenvalue weighted by atomic mass is 10.2. The van der Waals surface area contributed by atoms with Gasteiger partial charge in [0.25, 0.3) is 5.91 Å². The second kappa shape index (κ2) is 10.4. The molecule has 28 heavy (non-hydrogen) atoms. The van der Waals surface area contributed by atoms with Crippen molar-refractivity contribution in [1.29, 1.82) is 0 Å². The minimum atomic E-state index is -1.82. The molecular weight excluding hydrogens is 386 g/mol. The quantitative estimate of drug-likeness (QED) is 0.749. The van der Waals surface area contributed by atoms with Crippen molar-refractivity contribution in [3.8, 4) is 0 Å². The van der Waals surface area contributed by atoms with Gasteiger partial charge in [-0.3, -0.25) is 14.7 Å². The summed E-state index contributed by atoms with van der Waals surface area (Å²) >= 11 is 6.21. The molecule has 0 aliphatic carbocycles. The number of piperazine rings is 1. The lowest BCUT2D eigenvalue weighted by Crippen LogP contribution is -2.48. The molecule has 0 spiro atoms. The van der Waals surface area contributed by atoms with E-state index in [-0.39, 0.29) is 5.91 Å². The molecule has 0 radical (unpaired) electrons. The summed E-state index contributed by atoms with van der Waals surface area (Å²) in [5, 5.41) is 15.6. The molecule has 1 aromatic heterocycles. The average Bonchev–Trinajstić information content (AvgIpc) is 2.71. The third kappa shape index (κ3) is 6.33. The molecule has 1 aliphatic rings. The Kier molecular flexibility index (Phi) is 7.91. The molecule has 9 heteroatoms. The number of pyridine rings is 1. The SMILES string of the molecule is O=C(O)C(=O)O.O=C(c1ccncc1)N1CCN(Cc2ccccc2Cl)CC1. The number of halogens is 1. The minimum absolute atomic E-state index is 0.0831. The molecule has 0 unspecified atom stereocenters. The predicted molar refractivity (Wildman–Crippen MR) is 102 cm³/mol. The van der Waals surface area contributed by atoms with E-state index in [0.29, 0.717) is 5.56 Å². The Hall–Kier alpha value is -2.97. The van der Waals surface area contributed by atoms with Crippen molar-refractivity contribution in [3.05, 3.63) is 64.9 Å². The first-order chi connectivity index (χ1) is 13.4. The Labute approximate surface area is 167 Å². The van der Waals surface area contributed by atoms with Crippen LogP contribution in [0.4, 0.5) is 0 Å². The first-order valence-corrected chi connectivity index (χ1v) is 8.87. The highest BCUT2D eigenvalue weighted by atomic mass is 35.5. The van der Waals surface area contributed by atoms with Gasteiger partial charge in [0.15, 0.2) is 0 Å². The summed E-state index contributed by atoms with van der Waals surface area (Å²) in [6.45, 7) is 4.04. The van der Waals surface area contributed by atoms with Crippen LogP contribution in [0.15, 0.2) is 48.8 Å². The normalized spacial score (nSPS) is 14.0. The van der Waals surface area contributed by atoms with Crippen molar-refractivity contribution in [3.63, 3.8) is 0 Å². The number of carbonyl (C=O) groups is 3. The summed E-state index contributed by atoms with van der Waals surface area (Å²) in [5.41, 5.74) is 1.84. The summed E-state index contributed by atoms with van der Waals surface area (Å²) < 4.78 is 0. The molecule has 1 aromatic carbocycles. The fourth-order valence-electron chi connectivity index (χ4n) is 2.65. The molecular formula is C19H20ClN3O5. The molecule has 8 nitrogen and oxygen atoms in total. The van der Waals surface area contributed by atoms with E-state index in [1.54, 1.807) is 24.5 Å². The second-order valence-electron chi connectivity index (χ2n) is 6.01. The molecule has 2 N–H and O–H groups in total. The number of benzene rings is 1. The Bertz CT molecular complexity index is 811. The zero-order valence-corrected chi connectivity index (χ0v) is 15.7. The van der Waals surface area contributed by atoms with Crippen molar-refractivity contribution in [2.45, 2.75) is 6.54 Å². The second-order valence-corrected chi connectivity index (χ2v) is 6.41. The number of carboxylic acid groups (broad SMARTS) is 2. The maximum atomic E-state index is 12.4. The van der Waals surface area contributed by atoms with Gasteiger partial charge in [-0.15, -0.1) is 0 Å². The molecule has 2 aromatic rings. The minimum Gasteiger partial charge on any atom is -0.473 e. The Morgan fingerprint density at radius 3 is 2.04 bits per heavy atom. The Balaban J connectivity index is 0.000000409. The van der Waals surface area contributed by atoms with Crippen LogP contribution in [0, 0.1) is 0 Å². The average molecular weight is 406 g/mol. The third-order valence-corrected chi connectivity index (χ3v) is 4.49. The molecule has 1 amide bonds. The van der Waals surface area contributed by atoms with E-state index < -0.39 is 11.9 Å². The number of hydrogen-bond acceptors (Lipinski definition) is 5. The number of carboxylic acids is 2. The van der Waals surface area contributed by atoms with Gasteiger partial charge in [-0.2, -0.15) is 0 Å². The van der Waals surface area contributed by atoms with Gasteiger partial charge < -0.3 is 15.1 Å². The van der Waals surface area contributed by atoms with Crippen LogP contribution in [0.3, 0.4) is 0 Å². The van der Waals surface area contributed by atoms with Crippen LogP contribution in [0.2, 0.25) is 5.02 Å². The maximum Gasteiger partial charge on any atom is 0.414 e. The number of rotatable bonds is 3. The number of hydrogen-bond donors (Lipinski definition) is 2. The molecule has 0 saturated carbocycles. The number of carbonyl (C=O) groups excluding carboxylic acids is 1. The monoisotopic (exact) mass is 405 g/mol. The van der Waals surface area contributed by atoms with Crippen LogP contribution in [-0.2, 0) is 16.1 Å². The smallest absolute Gasteiger partial charge is 0.414 e. The zero-order valence-electron chi connectivity index (χ0n) is 15.0.